The summed E-state index contributed by atoms with van der Waals surface area (Å²) >= 11 is 0. The van der Waals surface area contributed by atoms with E-state index in [1.807, 2.05) is 81.4 Å². The molecule has 3 amide bonds. The maximum atomic E-state index is 14.3. The molecule has 0 unspecified atom stereocenters. The van der Waals surface area contributed by atoms with Crippen LogP contribution in [0.25, 0.3) is 10.9 Å². The minimum atomic E-state index is -1.02. The van der Waals surface area contributed by atoms with E-state index in [0.717, 1.165) is 16.6 Å². The van der Waals surface area contributed by atoms with Crippen LogP contribution in [-0.4, -0.2) is 39.6 Å². The van der Waals surface area contributed by atoms with Crippen LogP contribution in [-0.2, 0) is 9.59 Å². The van der Waals surface area contributed by atoms with E-state index in [0.29, 0.717) is 23.1 Å². The molecule has 3 aromatic carbocycles. The van der Waals surface area contributed by atoms with Crippen molar-refractivity contribution in [2.24, 2.45) is 11.0 Å². The van der Waals surface area contributed by atoms with Crippen molar-refractivity contribution < 1.29 is 14.4 Å². The largest absolute Gasteiger partial charge is 0.358 e. The first kappa shape index (κ1) is 25.9. The van der Waals surface area contributed by atoms with Crippen LogP contribution in [0.1, 0.15) is 53.5 Å². The average Bonchev–Trinajstić information content (AvgIpc) is 3.27. The third kappa shape index (κ3) is 5.31. The molecular weight excluding hydrogens is 490 g/mol. The number of rotatable bonds is 7. The summed E-state index contributed by atoms with van der Waals surface area (Å²) in [4.78, 5) is 44.5. The number of benzene rings is 3. The molecule has 0 bridgehead atoms. The van der Waals surface area contributed by atoms with Crippen LogP contribution >= 0.6 is 0 Å². The topological polar surface area (TPSA) is 107 Å². The Kier molecular flexibility index (Phi) is 7.27. The lowest BCUT2D eigenvalue weighted by Gasteiger charge is -2.34. The van der Waals surface area contributed by atoms with Gasteiger partial charge in [-0.05, 0) is 37.5 Å². The van der Waals surface area contributed by atoms with E-state index in [2.05, 4.69) is 15.6 Å². The summed E-state index contributed by atoms with van der Waals surface area (Å²) in [6.07, 6.45) is 0.380. The Labute approximate surface area is 227 Å². The molecule has 0 saturated carbocycles. The number of H-pyrrole nitrogens is 1. The molecule has 0 radical (unpaired) electrons. The number of nitrogens with one attached hydrogen (secondary N) is 3. The Morgan fingerprint density at radius 3 is 2.28 bits per heavy atom. The molecule has 1 aliphatic rings. The minimum absolute atomic E-state index is 0.0967. The van der Waals surface area contributed by atoms with Gasteiger partial charge in [-0.15, -0.1) is 0 Å². The van der Waals surface area contributed by atoms with Crippen molar-refractivity contribution in [2.75, 3.05) is 0 Å². The van der Waals surface area contributed by atoms with E-state index in [1.165, 1.54) is 5.01 Å². The fourth-order valence-electron chi connectivity index (χ4n) is 4.98. The van der Waals surface area contributed by atoms with Gasteiger partial charge < -0.3 is 15.6 Å². The zero-order valence-corrected chi connectivity index (χ0v) is 22.1. The lowest BCUT2D eigenvalue weighted by Crippen LogP contribution is -2.55. The van der Waals surface area contributed by atoms with Crippen LogP contribution in [0.15, 0.2) is 90.0 Å². The summed E-state index contributed by atoms with van der Waals surface area (Å²) in [5, 5.41) is 12.6. The highest BCUT2D eigenvalue weighted by Gasteiger charge is 2.41. The number of aryl methyl sites for hydroxylation is 1. The highest BCUT2D eigenvalue weighted by atomic mass is 16.2. The number of aromatic amines is 1. The number of hydrogen-bond donors (Lipinski definition) is 3. The Morgan fingerprint density at radius 1 is 0.949 bits per heavy atom. The molecule has 0 spiro atoms. The van der Waals surface area contributed by atoms with E-state index < -0.39 is 18.0 Å². The van der Waals surface area contributed by atoms with E-state index in [9.17, 15) is 14.4 Å². The summed E-state index contributed by atoms with van der Waals surface area (Å²) in [6.45, 7) is 5.85. The second-order valence-corrected chi connectivity index (χ2v) is 10.1. The Hall–Kier alpha value is -4.72. The molecule has 8 nitrogen and oxygen atoms in total. The molecule has 2 heterocycles. The standard InChI is InChI=1S/C31H31N5O3/c1-19(2)18-25(33-29(37)22-14-8-5-9-15-22)31(39)36-27(26-20(3)32-24-17-11-10-16-23(24)26)30(38)34-28(35-36)21-12-6-4-7-13-21/h4-17,19,25,27,32H,18H2,1-3H3,(H,33,37)(H,34,35,38)/t25-,27+/m0/s1. The van der Waals surface area contributed by atoms with Gasteiger partial charge in [-0.25, -0.2) is 5.01 Å². The van der Waals surface area contributed by atoms with Gasteiger partial charge in [0.25, 0.3) is 17.7 Å². The number of hydrogen-bond acceptors (Lipinski definition) is 4. The fourth-order valence-corrected chi connectivity index (χ4v) is 4.98. The van der Waals surface area contributed by atoms with E-state index in [4.69, 9.17) is 5.10 Å². The maximum absolute atomic E-state index is 14.3. The third-order valence-electron chi connectivity index (χ3n) is 6.78. The van der Waals surface area contributed by atoms with Crippen LogP contribution in [0.4, 0.5) is 0 Å². The monoisotopic (exact) mass is 521 g/mol. The third-order valence-corrected chi connectivity index (χ3v) is 6.78. The summed E-state index contributed by atoms with van der Waals surface area (Å²) in [5.41, 5.74) is 3.42. The molecule has 0 saturated heterocycles. The van der Waals surface area contributed by atoms with E-state index in [-0.39, 0.29) is 23.6 Å². The van der Waals surface area contributed by atoms with Gasteiger partial charge in [0.2, 0.25) is 0 Å². The quantitative estimate of drug-likeness (QED) is 0.329. The van der Waals surface area contributed by atoms with E-state index >= 15 is 0 Å². The zero-order chi connectivity index (χ0) is 27.5. The van der Waals surface area contributed by atoms with Crippen molar-refractivity contribution in [1.82, 2.24) is 20.6 Å². The number of carbonyl (C=O) groups is 3. The van der Waals surface area contributed by atoms with Crippen molar-refractivity contribution in [3.05, 3.63) is 107 Å². The van der Waals surface area contributed by atoms with Gasteiger partial charge in [-0.2, -0.15) is 5.10 Å². The highest BCUT2D eigenvalue weighted by molar-refractivity contribution is 6.13. The number of nitrogens with zero attached hydrogens (tertiary/aromatic N) is 2. The van der Waals surface area contributed by atoms with Gasteiger partial charge in [0, 0.05) is 33.3 Å². The van der Waals surface area contributed by atoms with Crippen LogP contribution < -0.4 is 10.6 Å². The Balaban J connectivity index is 1.60. The number of aromatic nitrogens is 1. The number of amidine groups is 1. The second kappa shape index (κ2) is 10.9. The van der Waals surface area contributed by atoms with Gasteiger partial charge >= 0.3 is 0 Å². The lowest BCUT2D eigenvalue weighted by molar-refractivity contribution is -0.143. The van der Waals surface area contributed by atoms with Crippen molar-refractivity contribution in [3.8, 4) is 0 Å². The van der Waals surface area contributed by atoms with Gasteiger partial charge in [0.1, 0.15) is 6.04 Å². The molecule has 198 valence electrons. The fraction of sp³-hybridized carbons (Fsp3) is 0.226. The predicted molar refractivity (Wildman–Crippen MR) is 151 cm³/mol. The van der Waals surface area contributed by atoms with Crippen LogP contribution in [0, 0.1) is 12.8 Å². The normalized spacial score (nSPS) is 16.1. The van der Waals surface area contributed by atoms with Gasteiger partial charge in [-0.3, -0.25) is 14.4 Å². The number of carbonyl (C=O) groups excluding carboxylic acids is 3. The highest BCUT2D eigenvalue weighted by Crippen LogP contribution is 2.34. The first-order valence-electron chi connectivity index (χ1n) is 13.0. The second-order valence-electron chi connectivity index (χ2n) is 10.1. The van der Waals surface area contributed by atoms with Gasteiger partial charge in [0.05, 0.1) is 0 Å². The van der Waals surface area contributed by atoms with Crippen LogP contribution in [0.2, 0.25) is 0 Å². The summed E-state index contributed by atoms with van der Waals surface area (Å²) in [7, 11) is 0. The molecule has 1 aliphatic heterocycles. The molecule has 5 rings (SSSR count). The molecular formula is C31H31N5O3. The first-order valence-corrected chi connectivity index (χ1v) is 13.0. The van der Waals surface area contributed by atoms with Crippen molar-refractivity contribution >= 4 is 34.5 Å². The minimum Gasteiger partial charge on any atom is -0.358 e. The Morgan fingerprint density at radius 2 is 1.59 bits per heavy atom. The number of amides is 3. The van der Waals surface area contributed by atoms with Gasteiger partial charge in [0.15, 0.2) is 11.9 Å². The van der Waals surface area contributed by atoms with Crippen molar-refractivity contribution in [2.45, 2.75) is 39.3 Å². The number of hydrazone groups is 1. The van der Waals surface area contributed by atoms with E-state index in [1.54, 1.807) is 24.3 Å². The zero-order valence-electron chi connectivity index (χ0n) is 22.1. The van der Waals surface area contributed by atoms with Crippen molar-refractivity contribution in [3.63, 3.8) is 0 Å². The SMILES string of the molecule is Cc1[nH]c2ccccc2c1[C@@H]1C(=O)NC(c2ccccc2)=NN1C(=O)[C@H](CC(C)C)NC(=O)c1ccccc1. The lowest BCUT2D eigenvalue weighted by atomic mass is 9.98. The Bertz CT molecular complexity index is 1540. The molecule has 0 aliphatic carbocycles. The number of fused-ring (bicyclic) bond motifs is 1. The molecule has 3 N–H and O–H groups in total. The summed E-state index contributed by atoms with van der Waals surface area (Å²) in [5.74, 6) is -0.809. The molecule has 39 heavy (non-hydrogen) atoms. The van der Waals surface area contributed by atoms with Crippen LogP contribution in [0.5, 0.6) is 0 Å². The first-order chi connectivity index (χ1) is 18.8. The molecule has 2 atom stereocenters. The maximum Gasteiger partial charge on any atom is 0.266 e. The average molecular weight is 522 g/mol. The van der Waals surface area contributed by atoms with Gasteiger partial charge in [-0.1, -0.05) is 80.6 Å². The summed E-state index contributed by atoms with van der Waals surface area (Å²) < 4.78 is 0. The van der Waals surface area contributed by atoms with Crippen molar-refractivity contribution in [1.29, 1.82) is 0 Å². The smallest absolute Gasteiger partial charge is 0.266 e. The van der Waals surface area contributed by atoms with Crippen LogP contribution in [0.3, 0.4) is 0 Å². The number of para-hydroxylation sites is 1. The molecule has 8 heteroatoms. The summed E-state index contributed by atoms with van der Waals surface area (Å²) in [6, 6.07) is 23.7. The molecule has 0 fully saturated rings. The molecule has 4 aromatic rings. The predicted octanol–water partition coefficient (Wildman–Crippen LogP) is 4.68. The molecule has 1 aromatic heterocycles.